The number of hydrogen-bond acceptors (Lipinski definition) is 3. The molecule has 0 aromatic rings. The number of nitrogens with one attached hydrogen (secondary N) is 1. The Bertz CT molecular complexity index is 359. The summed E-state index contributed by atoms with van der Waals surface area (Å²) in [5.74, 6) is 0.116. The zero-order valence-electron chi connectivity index (χ0n) is 12.7. The van der Waals surface area contributed by atoms with Gasteiger partial charge in [-0.05, 0) is 39.2 Å². The van der Waals surface area contributed by atoms with Crippen LogP contribution in [0.3, 0.4) is 0 Å². The van der Waals surface area contributed by atoms with Crippen LogP contribution in [-0.4, -0.2) is 48.2 Å². The van der Waals surface area contributed by atoms with E-state index in [0.717, 1.165) is 37.7 Å². The fourth-order valence-electron chi connectivity index (χ4n) is 3.53. The van der Waals surface area contributed by atoms with Gasteiger partial charge in [0.05, 0.1) is 6.61 Å². The van der Waals surface area contributed by atoms with Crippen LogP contribution in [0.15, 0.2) is 11.6 Å². The highest BCUT2D eigenvalue weighted by atomic mass is 16.3. The second kappa shape index (κ2) is 7.23. The number of aliphatic hydroxyl groups is 1. The number of amides is 1. The summed E-state index contributed by atoms with van der Waals surface area (Å²) in [5, 5.41) is 12.3. The minimum Gasteiger partial charge on any atom is -0.395 e. The van der Waals surface area contributed by atoms with Gasteiger partial charge in [-0.2, -0.15) is 0 Å². The Morgan fingerprint density at radius 1 is 1.35 bits per heavy atom. The molecular weight excluding hydrogens is 252 g/mol. The van der Waals surface area contributed by atoms with Crippen LogP contribution in [0.25, 0.3) is 0 Å². The van der Waals surface area contributed by atoms with Gasteiger partial charge in [0.1, 0.15) is 0 Å². The first kappa shape index (κ1) is 15.5. The average molecular weight is 280 g/mol. The molecule has 0 bridgehead atoms. The third kappa shape index (κ3) is 3.61. The van der Waals surface area contributed by atoms with E-state index in [9.17, 15) is 9.90 Å². The van der Waals surface area contributed by atoms with E-state index in [2.05, 4.69) is 23.3 Å². The van der Waals surface area contributed by atoms with Crippen LogP contribution in [0.1, 0.15) is 51.4 Å². The maximum absolute atomic E-state index is 12.2. The van der Waals surface area contributed by atoms with Crippen LogP contribution >= 0.6 is 0 Å². The van der Waals surface area contributed by atoms with Crippen molar-refractivity contribution in [2.75, 3.05) is 26.7 Å². The van der Waals surface area contributed by atoms with Gasteiger partial charge in [0.2, 0.25) is 5.91 Å². The van der Waals surface area contributed by atoms with Crippen LogP contribution in [-0.2, 0) is 4.79 Å². The third-order valence-electron chi connectivity index (χ3n) is 4.94. The molecule has 0 saturated heterocycles. The van der Waals surface area contributed by atoms with Gasteiger partial charge in [-0.1, -0.05) is 25.3 Å². The van der Waals surface area contributed by atoms with Crippen molar-refractivity contribution in [2.45, 2.75) is 56.9 Å². The number of carbonyl (C=O) groups excluding carboxylic acids is 1. The van der Waals surface area contributed by atoms with E-state index >= 15 is 0 Å². The molecule has 114 valence electrons. The van der Waals surface area contributed by atoms with Gasteiger partial charge in [-0.15, -0.1) is 0 Å². The van der Waals surface area contributed by atoms with Crippen LogP contribution in [0, 0.1) is 0 Å². The highest BCUT2D eigenvalue weighted by Gasteiger charge is 2.36. The predicted molar refractivity (Wildman–Crippen MR) is 80.5 cm³/mol. The van der Waals surface area contributed by atoms with Crippen LogP contribution in [0.5, 0.6) is 0 Å². The van der Waals surface area contributed by atoms with Crippen molar-refractivity contribution in [3.8, 4) is 0 Å². The van der Waals surface area contributed by atoms with E-state index in [0.29, 0.717) is 13.1 Å². The summed E-state index contributed by atoms with van der Waals surface area (Å²) in [5.41, 5.74) is 0.997. The molecule has 0 heterocycles. The third-order valence-corrected chi connectivity index (χ3v) is 4.94. The Labute approximate surface area is 122 Å². The highest BCUT2D eigenvalue weighted by molar-refractivity contribution is 5.93. The van der Waals surface area contributed by atoms with Gasteiger partial charge in [0, 0.05) is 24.2 Å². The number of aliphatic hydroxyl groups excluding tert-OH is 1. The molecule has 4 heteroatoms. The Morgan fingerprint density at radius 3 is 2.70 bits per heavy atom. The number of carbonyl (C=O) groups is 1. The molecule has 0 unspecified atom stereocenters. The molecule has 0 spiro atoms. The summed E-state index contributed by atoms with van der Waals surface area (Å²) < 4.78 is 0. The summed E-state index contributed by atoms with van der Waals surface area (Å²) >= 11 is 0. The maximum Gasteiger partial charge on any atom is 0.246 e. The first-order valence-electron chi connectivity index (χ1n) is 7.97. The summed E-state index contributed by atoms with van der Waals surface area (Å²) in [6, 6.07) is 0. The Kier molecular flexibility index (Phi) is 5.61. The van der Waals surface area contributed by atoms with Crippen molar-refractivity contribution < 1.29 is 9.90 Å². The number of hydrogen-bond donors (Lipinski definition) is 2. The molecule has 0 aliphatic heterocycles. The zero-order chi connectivity index (χ0) is 14.4. The molecule has 20 heavy (non-hydrogen) atoms. The van der Waals surface area contributed by atoms with Gasteiger partial charge in [-0.25, -0.2) is 0 Å². The van der Waals surface area contributed by atoms with Crippen molar-refractivity contribution in [3.05, 3.63) is 11.6 Å². The predicted octanol–water partition coefficient (Wildman–Crippen LogP) is 1.84. The lowest BCUT2D eigenvalue weighted by Gasteiger charge is -2.44. The van der Waals surface area contributed by atoms with E-state index in [4.69, 9.17) is 0 Å². The second-order valence-electron chi connectivity index (χ2n) is 6.23. The fourth-order valence-corrected chi connectivity index (χ4v) is 3.53. The average Bonchev–Trinajstić information content (AvgIpc) is 3.00. The number of rotatable bonds is 6. The molecule has 1 amide bonds. The Balaban J connectivity index is 1.95. The van der Waals surface area contributed by atoms with E-state index in [1.54, 1.807) is 0 Å². The lowest BCUT2D eigenvalue weighted by Crippen LogP contribution is -2.56. The van der Waals surface area contributed by atoms with Gasteiger partial charge < -0.3 is 10.4 Å². The molecule has 2 aliphatic carbocycles. The molecule has 2 N–H and O–H groups in total. The fraction of sp³-hybridized carbons (Fsp3) is 0.812. The van der Waals surface area contributed by atoms with E-state index < -0.39 is 0 Å². The first-order valence-corrected chi connectivity index (χ1v) is 7.97. The highest BCUT2D eigenvalue weighted by Crippen LogP contribution is 2.32. The standard InChI is InChI=1S/C16H28N2O2/c1-18(11-12-19)16(9-5-2-6-10-16)13-17-15(20)14-7-3-4-8-14/h7,19H,2-6,8-13H2,1H3,(H,17,20). The largest absolute Gasteiger partial charge is 0.395 e. The van der Waals surface area contributed by atoms with Crippen LogP contribution in [0.2, 0.25) is 0 Å². The van der Waals surface area contributed by atoms with Gasteiger partial charge in [0.25, 0.3) is 0 Å². The molecular formula is C16H28N2O2. The van der Waals surface area contributed by atoms with Crippen molar-refractivity contribution in [3.63, 3.8) is 0 Å². The molecule has 0 atom stereocenters. The molecule has 4 nitrogen and oxygen atoms in total. The van der Waals surface area contributed by atoms with Gasteiger partial charge in [0.15, 0.2) is 0 Å². The summed E-state index contributed by atoms with van der Waals surface area (Å²) in [7, 11) is 2.07. The van der Waals surface area contributed by atoms with Crippen molar-refractivity contribution in [1.29, 1.82) is 0 Å². The first-order chi connectivity index (χ1) is 9.68. The van der Waals surface area contributed by atoms with Crippen LogP contribution in [0.4, 0.5) is 0 Å². The summed E-state index contributed by atoms with van der Waals surface area (Å²) in [4.78, 5) is 14.4. The molecule has 0 radical (unpaired) electrons. The number of nitrogens with zero attached hydrogens (tertiary/aromatic N) is 1. The number of likely N-dealkylation sites (N-methyl/N-ethyl adjacent to an activating group) is 1. The summed E-state index contributed by atoms with van der Waals surface area (Å²) in [6.07, 6.45) is 11.1. The topological polar surface area (TPSA) is 52.6 Å². The molecule has 0 aromatic carbocycles. The Morgan fingerprint density at radius 2 is 2.10 bits per heavy atom. The lowest BCUT2D eigenvalue weighted by molar-refractivity contribution is -0.118. The van der Waals surface area contributed by atoms with E-state index in [1.165, 1.54) is 19.3 Å². The number of β-amino-alcohol motifs (C(OH)–C–C–N with tert-alkyl or cyclic N) is 1. The van der Waals surface area contributed by atoms with Crippen LogP contribution < -0.4 is 5.32 Å². The molecule has 2 aliphatic rings. The second-order valence-corrected chi connectivity index (χ2v) is 6.23. The SMILES string of the molecule is CN(CCO)C1(CNC(=O)C2=CCCC2)CCCCC1. The smallest absolute Gasteiger partial charge is 0.246 e. The van der Waals surface area contributed by atoms with Crippen molar-refractivity contribution in [2.24, 2.45) is 0 Å². The van der Waals surface area contributed by atoms with E-state index in [-0.39, 0.29) is 18.1 Å². The minimum absolute atomic E-state index is 0.0375. The van der Waals surface area contributed by atoms with Gasteiger partial charge >= 0.3 is 0 Å². The Hall–Kier alpha value is -0.870. The van der Waals surface area contributed by atoms with Crippen molar-refractivity contribution in [1.82, 2.24) is 10.2 Å². The summed E-state index contributed by atoms with van der Waals surface area (Å²) in [6.45, 7) is 1.57. The molecule has 1 saturated carbocycles. The normalized spacial score (nSPS) is 21.9. The quantitative estimate of drug-likeness (QED) is 0.780. The molecule has 1 fully saturated rings. The monoisotopic (exact) mass is 280 g/mol. The maximum atomic E-state index is 12.2. The zero-order valence-corrected chi connectivity index (χ0v) is 12.7. The van der Waals surface area contributed by atoms with E-state index in [1.807, 2.05) is 0 Å². The van der Waals surface area contributed by atoms with Gasteiger partial charge in [-0.3, -0.25) is 9.69 Å². The molecule has 2 rings (SSSR count). The molecule has 0 aromatic heterocycles. The van der Waals surface area contributed by atoms with Crippen molar-refractivity contribution >= 4 is 5.91 Å². The number of allylic oxidation sites excluding steroid dienone is 1. The lowest BCUT2D eigenvalue weighted by atomic mass is 9.80. The minimum atomic E-state index is 0.0375.